The third-order valence-corrected chi connectivity index (χ3v) is 3.44. The maximum Gasteiger partial charge on any atom is 0.246 e. The van der Waals surface area contributed by atoms with Gasteiger partial charge in [-0.2, -0.15) is 4.98 Å². The topological polar surface area (TPSA) is 74.6 Å². The zero-order valence-corrected chi connectivity index (χ0v) is 11.7. The van der Waals surface area contributed by atoms with Crippen molar-refractivity contribution < 1.29 is 9.18 Å². The number of halogens is 1. The highest BCUT2D eigenvalue weighted by atomic mass is 19.1. The fourth-order valence-electron chi connectivity index (χ4n) is 2.44. The van der Waals surface area contributed by atoms with E-state index in [1.165, 1.54) is 16.8 Å². The molecule has 1 amide bonds. The van der Waals surface area contributed by atoms with Crippen molar-refractivity contribution in [3.63, 3.8) is 0 Å². The summed E-state index contributed by atoms with van der Waals surface area (Å²) in [5.41, 5.74) is 0.555. The van der Waals surface area contributed by atoms with Crippen LogP contribution in [0, 0.1) is 5.82 Å². The van der Waals surface area contributed by atoms with Crippen LogP contribution in [0.3, 0.4) is 0 Å². The number of fused-ring (bicyclic) bond motifs is 1. The Hall–Kier alpha value is -2.22. The number of carbonyl (C=O) groups excluding carboxylic acids is 1. The number of hydrogen-bond acceptors (Lipinski definition) is 5. The molecule has 1 fully saturated rings. The summed E-state index contributed by atoms with van der Waals surface area (Å²) in [6.07, 6.45) is 1.27. The Bertz CT molecular complexity index is 657. The van der Waals surface area contributed by atoms with Crippen LogP contribution >= 0.6 is 0 Å². The summed E-state index contributed by atoms with van der Waals surface area (Å²) in [6.45, 7) is 4.37. The van der Waals surface area contributed by atoms with Crippen LogP contribution in [0.5, 0.6) is 0 Å². The molecule has 0 bridgehead atoms. The van der Waals surface area contributed by atoms with E-state index in [2.05, 4.69) is 20.7 Å². The van der Waals surface area contributed by atoms with Gasteiger partial charge >= 0.3 is 0 Å². The molecule has 2 aromatic rings. The molecule has 0 aromatic carbocycles. The highest BCUT2D eigenvalue weighted by molar-refractivity contribution is 5.85. The van der Waals surface area contributed by atoms with Crippen molar-refractivity contribution in [2.45, 2.75) is 13.0 Å². The molecule has 1 aliphatic heterocycles. The minimum atomic E-state index is -0.375. The summed E-state index contributed by atoms with van der Waals surface area (Å²) in [7, 11) is 0. The summed E-state index contributed by atoms with van der Waals surface area (Å²) < 4.78 is 14.6. The van der Waals surface area contributed by atoms with Gasteiger partial charge in [0.05, 0.1) is 6.20 Å². The minimum absolute atomic E-state index is 0.0604. The van der Waals surface area contributed by atoms with Crippen molar-refractivity contribution in [1.82, 2.24) is 25.2 Å². The molecule has 0 spiro atoms. The van der Waals surface area contributed by atoms with Gasteiger partial charge in [0.1, 0.15) is 11.9 Å². The summed E-state index contributed by atoms with van der Waals surface area (Å²) >= 11 is 0. The summed E-state index contributed by atoms with van der Waals surface area (Å²) in [4.78, 5) is 18.4. The van der Waals surface area contributed by atoms with E-state index < -0.39 is 0 Å². The molecule has 2 N–H and O–H groups in total. The van der Waals surface area contributed by atoms with Crippen LogP contribution in [0.25, 0.3) is 5.65 Å². The van der Waals surface area contributed by atoms with Crippen molar-refractivity contribution in [1.29, 1.82) is 0 Å². The molecule has 2 aromatic heterocycles. The number of rotatable bonds is 3. The van der Waals surface area contributed by atoms with E-state index in [0.717, 1.165) is 6.54 Å². The van der Waals surface area contributed by atoms with E-state index in [1.807, 2.05) is 11.8 Å². The first-order valence-corrected chi connectivity index (χ1v) is 6.96. The number of hydrogen-bond donors (Lipinski definition) is 2. The second-order valence-corrected chi connectivity index (χ2v) is 4.87. The van der Waals surface area contributed by atoms with Crippen molar-refractivity contribution >= 4 is 17.5 Å². The van der Waals surface area contributed by atoms with Gasteiger partial charge < -0.3 is 15.5 Å². The van der Waals surface area contributed by atoms with Crippen LogP contribution in [0.2, 0.25) is 0 Å². The van der Waals surface area contributed by atoms with Crippen LogP contribution in [0.15, 0.2) is 18.3 Å². The van der Waals surface area contributed by atoms with E-state index in [1.54, 1.807) is 6.07 Å². The zero-order valence-electron chi connectivity index (χ0n) is 11.7. The van der Waals surface area contributed by atoms with Gasteiger partial charge in [-0.25, -0.2) is 8.91 Å². The lowest BCUT2D eigenvalue weighted by atomic mass is 10.2. The quantitative estimate of drug-likeness (QED) is 0.818. The molecule has 1 aliphatic rings. The Labute approximate surface area is 121 Å². The molecule has 7 nitrogen and oxygen atoms in total. The molecular weight excluding hydrogens is 275 g/mol. The molecule has 0 saturated carbocycles. The molecule has 0 aliphatic carbocycles. The van der Waals surface area contributed by atoms with Gasteiger partial charge in [-0.3, -0.25) is 4.79 Å². The predicted molar refractivity (Wildman–Crippen MR) is 75.6 cm³/mol. The maximum absolute atomic E-state index is 13.2. The smallest absolute Gasteiger partial charge is 0.246 e. The van der Waals surface area contributed by atoms with Crippen molar-refractivity contribution in [3.8, 4) is 0 Å². The summed E-state index contributed by atoms with van der Waals surface area (Å²) in [6, 6.07) is 2.54. The first-order chi connectivity index (χ1) is 10.2. The number of anilines is 1. The zero-order chi connectivity index (χ0) is 14.8. The van der Waals surface area contributed by atoms with Gasteiger partial charge in [-0.1, -0.05) is 0 Å². The second-order valence-electron chi connectivity index (χ2n) is 4.87. The Morgan fingerprint density at radius 1 is 1.57 bits per heavy atom. The number of carbonyl (C=O) groups is 1. The maximum atomic E-state index is 13.2. The SMILES string of the molecule is CCNC(=O)C1CNCCN1c1nc2ccc(F)cn2n1. The lowest BCUT2D eigenvalue weighted by Gasteiger charge is -2.34. The monoisotopic (exact) mass is 292 g/mol. The van der Waals surface area contributed by atoms with Crippen LogP contribution in [0.1, 0.15) is 6.92 Å². The largest absolute Gasteiger partial charge is 0.355 e. The number of piperazine rings is 1. The molecule has 3 rings (SSSR count). The van der Waals surface area contributed by atoms with Gasteiger partial charge in [0.25, 0.3) is 0 Å². The predicted octanol–water partition coefficient (Wildman–Crippen LogP) is -0.217. The van der Waals surface area contributed by atoms with E-state index in [4.69, 9.17) is 0 Å². The highest BCUT2D eigenvalue weighted by Gasteiger charge is 2.30. The molecular formula is C13H17FN6O. The van der Waals surface area contributed by atoms with E-state index >= 15 is 0 Å². The number of amides is 1. The van der Waals surface area contributed by atoms with Crippen LogP contribution < -0.4 is 15.5 Å². The van der Waals surface area contributed by atoms with Crippen LogP contribution in [-0.2, 0) is 4.79 Å². The lowest BCUT2D eigenvalue weighted by Crippen LogP contribution is -2.58. The average Bonchev–Trinajstić information content (AvgIpc) is 2.90. The Morgan fingerprint density at radius 3 is 3.24 bits per heavy atom. The standard InChI is InChI=1S/C13H17FN6O/c1-2-16-12(21)10-7-15-5-6-19(10)13-17-11-4-3-9(14)8-20(11)18-13/h3-4,8,10,15H,2,5-7H2,1H3,(H,16,21). The van der Waals surface area contributed by atoms with Crippen molar-refractivity contribution in [2.75, 3.05) is 31.1 Å². The van der Waals surface area contributed by atoms with Crippen molar-refractivity contribution in [2.24, 2.45) is 0 Å². The molecule has 1 atom stereocenters. The molecule has 1 unspecified atom stereocenters. The molecule has 8 heteroatoms. The molecule has 0 radical (unpaired) electrons. The van der Waals surface area contributed by atoms with E-state index in [-0.39, 0.29) is 17.8 Å². The van der Waals surface area contributed by atoms with Gasteiger partial charge in [0.15, 0.2) is 5.65 Å². The van der Waals surface area contributed by atoms with E-state index in [9.17, 15) is 9.18 Å². The second kappa shape index (κ2) is 5.65. The molecule has 1 saturated heterocycles. The molecule has 3 heterocycles. The Balaban J connectivity index is 1.92. The summed E-state index contributed by atoms with van der Waals surface area (Å²) in [5.74, 6) is 0.00706. The normalized spacial score (nSPS) is 19.0. The number of nitrogens with zero attached hydrogens (tertiary/aromatic N) is 4. The number of likely N-dealkylation sites (N-methyl/N-ethyl adjacent to an activating group) is 1. The lowest BCUT2D eigenvalue weighted by molar-refractivity contribution is -0.122. The highest BCUT2D eigenvalue weighted by Crippen LogP contribution is 2.16. The average molecular weight is 292 g/mol. The van der Waals surface area contributed by atoms with Gasteiger partial charge in [-0.15, -0.1) is 5.10 Å². The Morgan fingerprint density at radius 2 is 2.43 bits per heavy atom. The number of nitrogens with one attached hydrogen (secondary N) is 2. The van der Waals surface area contributed by atoms with Crippen LogP contribution in [0.4, 0.5) is 10.3 Å². The summed E-state index contributed by atoms with van der Waals surface area (Å²) in [5, 5.41) is 10.3. The molecule has 112 valence electrons. The fraction of sp³-hybridized carbons (Fsp3) is 0.462. The molecule has 21 heavy (non-hydrogen) atoms. The van der Waals surface area contributed by atoms with E-state index in [0.29, 0.717) is 31.2 Å². The minimum Gasteiger partial charge on any atom is -0.355 e. The third-order valence-electron chi connectivity index (χ3n) is 3.44. The number of aromatic nitrogens is 3. The number of pyridine rings is 1. The Kier molecular flexibility index (Phi) is 3.70. The first-order valence-electron chi connectivity index (χ1n) is 6.96. The van der Waals surface area contributed by atoms with Gasteiger partial charge in [-0.05, 0) is 19.1 Å². The van der Waals surface area contributed by atoms with Crippen LogP contribution in [-0.4, -0.2) is 52.7 Å². The van der Waals surface area contributed by atoms with Crippen molar-refractivity contribution in [3.05, 3.63) is 24.1 Å². The van der Waals surface area contributed by atoms with Gasteiger partial charge in [0, 0.05) is 26.2 Å². The first kappa shape index (κ1) is 13.7. The van der Waals surface area contributed by atoms with Gasteiger partial charge in [0.2, 0.25) is 11.9 Å². The third kappa shape index (κ3) is 2.66. The fourth-order valence-corrected chi connectivity index (χ4v) is 2.44.